The van der Waals surface area contributed by atoms with Crippen molar-refractivity contribution in [1.82, 2.24) is 10.6 Å². The summed E-state index contributed by atoms with van der Waals surface area (Å²) in [5.41, 5.74) is 1.42. The topological polar surface area (TPSA) is 75.1 Å². The molecule has 1 aromatic carbocycles. The number of rotatable bonds is 5. The molecule has 6 heteroatoms. The van der Waals surface area contributed by atoms with E-state index in [-0.39, 0.29) is 11.5 Å². The second-order valence-electron chi connectivity index (χ2n) is 7.69. The molecule has 0 amide bonds. The van der Waals surface area contributed by atoms with Crippen LogP contribution in [0, 0.1) is 0 Å². The molecule has 0 aromatic heterocycles. The van der Waals surface area contributed by atoms with Crippen molar-refractivity contribution in [2.75, 3.05) is 19.9 Å². The standard InChI is InChI=1S/C20H29N3O3/c1-2-21-19(23-15-4-6-16(24)7-5-15)22-12-20(9-10-20)14-3-8-17-18(11-14)26-13-25-17/h3,8,11,15-16,24H,2,4-7,9-10,12-13H2,1H3,(H2,21,22,23). The van der Waals surface area contributed by atoms with Crippen molar-refractivity contribution < 1.29 is 14.6 Å². The highest BCUT2D eigenvalue weighted by atomic mass is 16.7. The molecule has 2 saturated carbocycles. The number of hydrogen-bond donors (Lipinski definition) is 3. The number of benzene rings is 1. The molecule has 0 spiro atoms. The van der Waals surface area contributed by atoms with Gasteiger partial charge in [0.1, 0.15) is 0 Å². The van der Waals surface area contributed by atoms with Crippen LogP contribution in [0.15, 0.2) is 23.2 Å². The minimum absolute atomic E-state index is 0.131. The van der Waals surface area contributed by atoms with E-state index >= 15 is 0 Å². The van der Waals surface area contributed by atoms with Gasteiger partial charge in [0.25, 0.3) is 0 Å². The highest BCUT2D eigenvalue weighted by Gasteiger charge is 2.44. The van der Waals surface area contributed by atoms with Crippen LogP contribution in [-0.4, -0.2) is 43.1 Å². The quantitative estimate of drug-likeness (QED) is 0.556. The summed E-state index contributed by atoms with van der Waals surface area (Å²) in [6.07, 6.45) is 5.93. The summed E-state index contributed by atoms with van der Waals surface area (Å²) in [6, 6.07) is 6.68. The Labute approximate surface area is 155 Å². The van der Waals surface area contributed by atoms with E-state index in [1.165, 1.54) is 5.56 Å². The van der Waals surface area contributed by atoms with Gasteiger partial charge in [-0.05, 0) is 63.1 Å². The van der Waals surface area contributed by atoms with E-state index in [2.05, 4.69) is 29.7 Å². The zero-order valence-electron chi connectivity index (χ0n) is 15.5. The zero-order valence-corrected chi connectivity index (χ0v) is 15.5. The maximum Gasteiger partial charge on any atom is 0.231 e. The number of aliphatic hydroxyl groups is 1. The predicted molar refractivity (Wildman–Crippen MR) is 101 cm³/mol. The molecule has 0 saturated heterocycles. The smallest absolute Gasteiger partial charge is 0.231 e. The van der Waals surface area contributed by atoms with E-state index in [1.807, 2.05) is 6.07 Å². The first kappa shape index (κ1) is 17.5. The van der Waals surface area contributed by atoms with Gasteiger partial charge in [0, 0.05) is 18.0 Å². The van der Waals surface area contributed by atoms with Gasteiger partial charge in [-0.15, -0.1) is 0 Å². The molecule has 1 heterocycles. The maximum absolute atomic E-state index is 9.68. The Balaban J connectivity index is 1.42. The van der Waals surface area contributed by atoms with Crippen LogP contribution in [-0.2, 0) is 5.41 Å². The summed E-state index contributed by atoms with van der Waals surface area (Å²) in [7, 11) is 0. The molecule has 26 heavy (non-hydrogen) atoms. The molecular formula is C20H29N3O3. The number of nitrogens with zero attached hydrogens (tertiary/aromatic N) is 1. The Morgan fingerprint density at radius 1 is 1.19 bits per heavy atom. The first-order chi connectivity index (χ1) is 12.7. The third-order valence-corrected chi connectivity index (χ3v) is 5.76. The van der Waals surface area contributed by atoms with E-state index in [4.69, 9.17) is 14.5 Å². The van der Waals surface area contributed by atoms with Crippen LogP contribution in [0.3, 0.4) is 0 Å². The molecular weight excluding hydrogens is 330 g/mol. The third-order valence-electron chi connectivity index (χ3n) is 5.76. The molecule has 6 nitrogen and oxygen atoms in total. The lowest BCUT2D eigenvalue weighted by molar-refractivity contribution is 0.120. The van der Waals surface area contributed by atoms with Crippen LogP contribution < -0.4 is 20.1 Å². The second-order valence-corrected chi connectivity index (χ2v) is 7.69. The first-order valence-electron chi connectivity index (χ1n) is 9.81. The first-order valence-corrected chi connectivity index (χ1v) is 9.81. The van der Waals surface area contributed by atoms with Gasteiger partial charge in [-0.25, -0.2) is 0 Å². The minimum Gasteiger partial charge on any atom is -0.454 e. The summed E-state index contributed by atoms with van der Waals surface area (Å²) in [5, 5.41) is 16.6. The summed E-state index contributed by atoms with van der Waals surface area (Å²) in [5.74, 6) is 2.58. The Bertz CT molecular complexity index is 664. The Hall–Kier alpha value is -1.95. The fourth-order valence-electron chi connectivity index (χ4n) is 3.88. The molecule has 0 unspecified atom stereocenters. The van der Waals surface area contributed by atoms with Crippen LogP contribution in [0.1, 0.15) is 51.0 Å². The van der Waals surface area contributed by atoms with Crippen LogP contribution >= 0.6 is 0 Å². The molecule has 3 N–H and O–H groups in total. The Kier molecular flexibility index (Phi) is 4.94. The maximum atomic E-state index is 9.68. The van der Waals surface area contributed by atoms with Crippen molar-refractivity contribution in [3.8, 4) is 11.5 Å². The van der Waals surface area contributed by atoms with Crippen molar-refractivity contribution in [2.45, 2.75) is 63.0 Å². The molecule has 142 valence electrons. The third kappa shape index (κ3) is 3.75. The van der Waals surface area contributed by atoms with Crippen LogP contribution in [0.2, 0.25) is 0 Å². The molecule has 1 aliphatic heterocycles. The molecule has 4 rings (SSSR count). The lowest BCUT2D eigenvalue weighted by atomic mass is 9.93. The van der Waals surface area contributed by atoms with Gasteiger partial charge >= 0.3 is 0 Å². The van der Waals surface area contributed by atoms with E-state index in [1.54, 1.807) is 0 Å². The predicted octanol–water partition coefficient (Wildman–Crippen LogP) is 2.31. The molecule has 0 bridgehead atoms. The van der Waals surface area contributed by atoms with Crippen LogP contribution in [0.25, 0.3) is 0 Å². The highest BCUT2D eigenvalue weighted by molar-refractivity contribution is 5.80. The summed E-state index contributed by atoms with van der Waals surface area (Å²) < 4.78 is 11.0. The Morgan fingerprint density at radius 2 is 1.96 bits per heavy atom. The van der Waals surface area contributed by atoms with E-state index in [0.717, 1.165) is 69.1 Å². The Morgan fingerprint density at radius 3 is 2.69 bits per heavy atom. The molecule has 0 radical (unpaired) electrons. The summed E-state index contributed by atoms with van der Waals surface area (Å²) in [4.78, 5) is 4.89. The van der Waals surface area contributed by atoms with Crippen LogP contribution in [0.5, 0.6) is 11.5 Å². The largest absolute Gasteiger partial charge is 0.454 e. The van der Waals surface area contributed by atoms with E-state index in [9.17, 15) is 5.11 Å². The van der Waals surface area contributed by atoms with Crippen LogP contribution in [0.4, 0.5) is 0 Å². The lowest BCUT2D eigenvalue weighted by Gasteiger charge is -2.28. The SMILES string of the molecule is CCNC(=NCC1(c2ccc3c(c2)OCO3)CC1)NC1CCC(O)CC1. The number of aliphatic imine (C=N–C) groups is 1. The van der Waals surface area contributed by atoms with Crippen molar-refractivity contribution in [2.24, 2.45) is 4.99 Å². The number of guanidine groups is 1. The fraction of sp³-hybridized carbons (Fsp3) is 0.650. The number of ether oxygens (including phenoxy) is 2. The fourth-order valence-corrected chi connectivity index (χ4v) is 3.88. The van der Waals surface area contributed by atoms with Gasteiger partial charge in [0.15, 0.2) is 17.5 Å². The molecule has 1 aromatic rings. The van der Waals surface area contributed by atoms with Gasteiger partial charge in [-0.1, -0.05) is 6.07 Å². The number of aliphatic hydroxyl groups excluding tert-OH is 1. The summed E-state index contributed by atoms with van der Waals surface area (Å²) in [6.45, 7) is 4.02. The van der Waals surface area contributed by atoms with Crippen molar-refractivity contribution in [3.63, 3.8) is 0 Å². The number of hydrogen-bond acceptors (Lipinski definition) is 4. The molecule has 3 aliphatic rings. The normalized spacial score (nSPS) is 26.5. The average Bonchev–Trinajstić information content (AvgIpc) is 3.30. The zero-order chi connectivity index (χ0) is 18.0. The average molecular weight is 359 g/mol. The van der Waals surface area contributed by atoms with Gasteiger partial charge in [-0.3, -0.25) is 4.99 Å². The van der Waals surface area contributed by atoms with Gasteiger partial charge in [0.2, 0.25) is 6.79 Å². The minimum atomic E-state index is -0.131. The summed E-state index contributed by atoms with van der Waals surface area (Å²) >= 11 is 0. The molecule has 0 atom stereocenters. The monoisotopic (exact) mass is 359 g/mol. The number of nitrogens with one attached hydrogen (secondary N) is 2. The van der Waals surface area contributed by atoms with Gasteiger partial charge in [0.05, 0.1) is 12.6 Å². The van der Waals surface area contributed by atoms with Gasteiger partial charge in [-0.2, -0.15) is 0 Å². The van der Waals surface area contributed by atoms with E-state index < -0.39 is 0 Å². The molecule has 2 aliphatic carbocycles. The molecule has 2 fully saturated rings. The van der Waals surface area contributed by atoms with Crippen molar-refractivity contribution in [3.05, 3.63) is 23.8 Å². The van der Waals surface area contributed by atoms with Crippen molar-refractivity contribution in [1.29, 1.82) is 0 Å². The lowest BCUT2D eigenvalue weighted by Crippen LogP contribution is -2.45. The van der Waals surface area contributed by atoms with Crippen molar-refractivity contribution >= 4 is 5.96 Å². The second kappa shape index (κ2) is 7.35. The number of fused-ring (bicyclic) bond motifs is 1. The van der Waals surface area contributed by atoms with Gasteiger partial charge < -0.3 is 25.2 Å². The highest BCUT2D eigenvalue weighted by Crippen LogP contribution is 2.50. The van der Waals surface area contributed by atoms with E-state index in [0.29, 0.717) is 12.8 Å².